The van der Waals surface area contributed by atoms with Crippen LogP contribution in [0.5, 0.6) is 5.75 Å². The van der Waals surface area contributed by atoms with Crippen molar-refractivity contribution in [1.82, 2.24) is 0 Å². The molecule has 2 unspecified atom stereocenters. The van der Waals surface area contributed by atoms with Gasteiger partial charge in [-0.25, -0.2) is 0 Å². The van der Waals surface area contributed by atoms with Gasteiger partial charge in [0.2, 0.25) is 0 Å². The number of nitrogens with two attached hydrogens (primary N) is 1. The van der Waals surface area contributed by atoms with Gasteiger partial charge < -0.3 is 10.5 Å². The van der Waals surface area contributed by atoms with Crippen molar-refractivity contribution in [2.24, 2.45) is 5.73 Å². The molecule has 2 rings (SSSR count). The highest BCUT2D eigenvalue weighted by Gasteiger charge is 2.12. The van der Waals surface area contributed by atoms with E-state index >= 15 is 0 Å². The molecule has 5 heteroatoms. The lowest BCUT2D eigenvalue weighted by Crippen LogP contribution is -2.18. The molecule has 0 aromatic heterocycles. The molecule has 0 saturated heterocycles. The maximum atomic E-state index is 12.3. The van der Waals surface area contributed by atoms with Gasteiger partial charge in [-0.3, -0.25) is 4.21 Å². The molecule has 106 valence electrons. The van der Waals surface area contributed by atoms with E-state index in [9.17, 15) is 4.21 Å². The third-order valence-electron chi connectivity index (χ3n) is 2.95. The van der Waals surface area contributed by atoms with Gasteiger partial charge in [0.15, 0.2) is 0 Å². The smallest absolute Gasteiger partial charge is 0.118 e. The minimum Gasteiger partial charge on any atom is -0.497 e. The molecule has 0 aliphatic rings. The highest BCUT2D eigenvalue weighted by atomic mass is 79.9. The van der Waals surface area contributed by atoms with Gasteiger partial charge in [-0.2, -0.15) is 0 Å². The standard InChI is InChI=1S/C15H16BrNO2S/c1-19-13-6-2-11(3-7-13)15(17)10-20(18)14-8-4-12(16)5-9-14/h2-9,15H,10,17H2,1H3. The van der Waals surface area contributed by atoms with E-state index in [0.29, 0.717) is 5.75 Å². The molecule has 0 heterocycles. The van der Waals surface area contributed by atoms with E-state index < -0.39 is 10.8 Å². The first kappa shape index (κ1) is 15.2. The summed E-state index contributed by atoms with van der Waals surface area (Å²) in [5.41, 5.74) is 7.07. The third-order valence-corrected chi connectivity index (χ3v) is 4.94. The first-order valence-electron chi connectivity index (χ1n) is 6.13. The fraction of sp³-hybridized carbons (Fsp3) is 0.200. The molecule has 0 bridgehead atoms. The van der Waals surface area contributed by atoms with Gasteiger partial charge in [0.1, 0.15) is 5.75 Å². The van der Waals surface area contributed by atoms with E-state index in [-0.39, 0.29) is 6.04 Å². The maximum Gasteiger partial charge on any atom is 0.118 e. The molecular weight excluding hydrogens is 338 g/mol. The molecular formula is C15H16BrNO2S. The molecule has 0 radical (unpaired) electrons. The fourth-order valence-electron chi connectivity index (χ4n) is 1.79. The Balaban J connectivity index is 2.04. The molecule has 2 aromatic rings. The Kier molecular flexibility index (Phi) is 5.34. The topological polar surface area (TPSA) is 52.3 Å². The summed E-state index contributed by atoms with van der Waals surface area (Å²) in [4.78, 5) is 0.789. The van der Waals surface area contributed by atoms with Crippen LogP contribution in [0.25, 0.3) is 0 Å². The zero-order valence-electron chi connectivity index (χ0n) is 11.1. The Labute approximate surface area is 129 Å². The van der Waals surface area contributed by atoms with Crippen LogP contribution in [0.15, 0.2) is 57.9 Å². The molecule has 2 aromatic carbocycles. The second-order valence-corrected chi connectivity index (χ2v) is 6.76. The van der Waals surface area contributed by atoms with Crippen LogP contribution in [-0.2, 0) is 10.8 Å². The SMILES string of the molecule is COc1ccc(C(N)CS(=O)c2ccc(Br)cc2)cc1. The van der Waals surface area contributed by atoms with Gasteiger partial charge in [-0.1, -0.05) is 28.1 Å². The van der Waals surface area contributed by atoms with Gasteiger partial charge in [0, 0.05) is 21.2 Å². The summed E-state index contributed by atoms with van der Waals surface area (Å²) in [6, 6.07) is 14.7. The minimum absolute atomic E-state index is 0.259. The molecule has 3 nitrogen and oxygen atoms in total. The van der Waals surface area contributed by atoms with Gasteiger partial charge in [-0.05, 0) is 42.0 Å². The van der Waals surface area contributed by atoms with E-state index in [4.69, 9.17) is 10.5 Å². The van der Waals surface area contributed by atoms with Crippen molar-refractivity contribution < 1.29 is 8.95 Å². The first-order chi connectivity index (χ1) is 9.60. The fourth-order valence-corrected chi connectivity index (χ4v) is 3.21. The molecule has 20 heavy (non-hydrogen) atoms. The maximum absolute atomic E-state index is 12.3. The highest BCUT2D eigenvalue weighted by Crippen LogP contribution is 2.19. The third kappa shape index (κ3) is 3.91. The number of hydrogen-bond acceptors (Lipinski definition) is 3. The predicted octanol–water partition coefficient (Wildman–Crippen LogP) is 3.27. The Morgan fingerprint density at radius 3 is 2.30 bits per heavy atom. The highest BCUT2D eigenvalue weighted by molar-refractivity contribution is 9.10. The van der Waals surface area contributed by atoms with Crippen LogP contribution in [0.3, 0.4) is 0 Å². The summed E-state index contributed by atoms with van der Waals surface area (Å²) in [6.45, 7) is 0. The summed E-state index contributed by atoms with van der Waals surface area (Å²) in [6.07, 6.45) is 0. The summed E-state index contributed by atoms with van der Waals surface area (Å²) >= 11 is 3.36. The number of ether oxygens (including phenoxy) is 1. The monoisotopic (exact) mass is 353 g/mol. The van der Waals surface area contributed by atoms with Gasteiger partial charge in [0.25, 0.3) is 0 Å². The zero-order chi connectivity index (χ0) is 14.5. The lowest BCUT2D eigenvalue weighted by Gasteiger charge is -2.12. The summed E-state index contributed by atoms with van der Waals surface area (Å²) in [5, 5.41) is 0. The lowest BCUT2D eigenvalue weighted by atomic mass is 10.1. The van der Waals surface area contributed by atoms with Crippen molar-refractivity contribution >= 4 is 26.7 Å². The number of hydrogen-bond donors (Lipinski definition) is 1. The predicted molar refractivity (Wildman–Crippen MR) is 85.3 cm³/mol. The molecule has 2 N–H and O–H groups in total. The number of methoxy groups -OCH3 is 1. The van der Waals surface area contributed by atoms with E-state index in [1.807, 2.05) is 48.5 Å². The summed E-state index contributed by atoms with van der Waals surface area (Å²) in [7, 11) is 0.516. The van der Waals surface area contributed by atoms with Crippen molar-refractivity contribution in [3.8, 4) is 5.75 Å². The van der Waals surface area contributed by atoms with Gasteiger partial charge in [0.05, 0.1) is 17.9 Å². The van der Waals surface area contributed by atoms with E-state index in [1.54, 1.807) is 7.11 Å². The summed E-state index contributed by atoms with van der Waals surface area (Å²) < 4.78 is 18.3. The quantitative estimate of drug-likeness (QED) is 0.897. The molecule has 0 saturated carbocycles. The molecule has 0 fully saturated rings. The largest absolute Gasteiger partial charge is 0.497 e. The Hall–Kier alpha value is -1.17. The molecule has 0 aliphatic heterocycles. The minimum atomic E-state index is -1.11. The molecule has 0 amide bonds. The molecule has 0 aliphatic carbocycles. The normalized spacial score (nSPS) is 13.8. The van der Waals surface area contributed by atoms with Gasteiger partial charge >= 0.3 is 0 Å². The van der Waals surface area contributed by atoms with Crippen molar-refractivity contribution in [2.75, 3.05) is 12.9 Å². The second-order valence-electron chi connectivity index (χ2n) is 4.35. The molecule has 2 atom stereocenters. The first-order valence-corrected chi connectivity index (χ1v) is 8.25. The number of halogens is 1. The number of rotatable bonds is 5. The van der Waals surface area contributed by atoms with Crippen LogP contribution in [0, 0.1) is 0 Å². The second kappa shape index (κ2) is 7.02. The van der Waals surface area contributed by atoms with Crippen LogP contribution < -0.4 is 10.5 Å². The summed E-state index contributed by atoms with van der Waals surface area (Å²) in [5.74, 6) is 1.18. The molecule has 0 spiro atoms. The lowest BCUT2D eigenvalue weighted by molar-refractivity contribution is 0.414. The van der Waals surface area contributed by atoms with Crippen molar-refractivity contribution in [2.45, 2.75) is 10.9 Å². The van der Waals surface area contributed by atoms with Crippen LogP contribution in [0.2, 0.25) is 0 Å². The Morgan fingerprint density at radius 2 is 1.75 bits per heavy atom. The Bertz CT molecular complexity index is 584. The average molecular weight is 354 g/mol. The van der Waals surface area contributed by atoms with Crippen molar-refractivity contribution in [3.05, 3.63) is 58.6 Å². The van der Waals surface area contributed by atoms with Crippen molar-refractivity contribution in [3.63, 3.8) is 0 Å². The van der Waals surface area contributed by atoms with Crippen LogP contribution in [0.1, 0.15) is 11.6 Å². The van der Waals surface area contributed by atoms with Crippen LogP contribution >= 0.6 is 15.9 Å². The number of benzene rings is 2. The van der Waals surface area contributed by atoms with E-state index in [2.05, 4.69) is 15.9 Å². The van der Waals surface area contributed by atoms with Crippen LogP contribution in [-0.4, -0.2) is 17.1 Å². The average Bonchev–Trinajstić information content (AvgIpc) is 2.48. The Morgan fingerprint density at radius 1 is 1.15 bits per heavy atom. The van der Waals surface area contributed by atoms with Crippen molar-refractivity contribution in [1.29, 1.82) is 0 Å². The van der Waals surface area contributed by atoms with Gasteiger partial charge in [-0.15, -0.1) is 0 Å². The van der Waals surface area contributed by atoms with Crippen LogP contribution in [0.4, 0.5) is 0 Å². The van der Waals surface area contributed by atoms with E-state index in [1.165, 1.54) is 0 Å². The zero-order valence-corrected chi connectivity index (χ0v) is 13.5. The van der Waals surface area contributed by atoms with E-state index in [0.717, 1.165) is 20.7 Å².